The zero-order chi connectivity index (χ0) is 15.2. The Morgan fingerprint density at radius 2 is 1.82 bits per heavy atom. The average Bonchev–Trinajstić information content (AvgIpc) is 2.93. The summed E-state index contributed by atoms with van der Waals surface area (Å²) in [5, 5.41) is 12.4. The van der Waals surface area contributed by atoms with Gasteiger partial charge in [0.25, 0.3) is 0 Å². The largest absolute Gasteiger partial charge is 0.371 e. The van der Waals surface area contributed by atoms with E-state index in [0.717, 1.165) is 29.4 Å². The second-order valence-electron chi connectivity index (χ2n) is 6.07. The number of anilines is 1. The van der Waals surface area contributed by atoms with Crippen molar-refractivity contribution in [3.8, 4) is 5.69 Å². The topological polar surface area (TPSA) is 55.6 Å². The molecule has 0 bridgehead atoms. The minimum atomic E-state index is -0.252. The quantitative estimate of drug-likeness (QED) is 0.788. The van der Waals surface area contributed by atoms with Gasteiger partial charge in [0, 0.05) is 18.8 Å². The first-order valence-electron chi connectivity index (χ1n) is 7.36. The van der Waals surface area contributed by atoms with Gasteiger partial charge in [-0.25, -0.2) is 0 Å². The summed E-state index contributed by atoms with van der Waals surface area (Å²) in [4.78, 5) is 4.07. The van der Waals surface area contributed by atoms with E-state index in [1.807, 2.05) is 36.7 Å². The lowest BCUT2D eigenvalue weighted by Gasteiger charge is -2.33. The molecule has 0 saturated carbocycles. The maximum Gasteiger partial charge on any atom is 0.162 e. The third-order valence-electron chi connectivity index (χ3n) is 3.99. The van der Waals surface area contributed by atoms with E-state index in [1.165, 1.54) is 5.56 Å². The fourth-order valence-corrected chi connectivity index (χ4v) is 2.94. The Bertz CT molecular complexity index is 820. The van der Waals surface area contributed by atoms with E-state index in [4.69, 9.17) is 0 Å². The van der Waals surface area contributed by atoms with Gasteiger partial charge in [0.05, 0.1) is 16.9 Å². The van der Waals surface area contributed by atoms with Crippen molar-refractivity contribution in [2.45, 2.75) is 25.8 Å². The van der Waals surface area contributed by atoms with E-state index in [2.05, 4.69) is 51.0 Å². The number of hydrogen-bond acceptors (Lipinski definition) is 4. The van der Waals surface area contributed by atoms with Crippen LogP contribution in [0.1, 0.15) is 31.1 Å². The second-order valence-corrected chi connectivity index (χ2v) is 6.07. The highest BCUT2D eigenvalue weighted by molar-refractivity contribution is 5.66. The Balaban J connectivity index is 1.86. The summed E-state index contributed by atoms with van der Waals surface area (Å²) in [5.41, 5.74) is 3.14. The molecule has 1 N–H and O–H groups in total. The van der Waals surface area contributed by atoms with Crippen molar-refractivity contribution < 1.29 is 0 Å². The van der Waals surface area contributed by atoms with Crippen molar-refractivity contribution in [2.75, 3.05) is 5.32 Å². The lowest BCUT2D eigenvalue weighted by molar-refractivity contribution is 0.534. The molecule has 0 saturated heterocycles. The molecule has 1 aliphatic rings. The van der Waals surface area contributed by atoms with Crippen LogP contribution in [-0.2, 0) is 12.0 Å². The molecule has 0 spiro atoms. The van der Waals surface area contributed by atoms with Crippen LogP contribution in [-0.4, -0.2) is 19.7 Å². The van der Waals surface area contributed by atoms with Crippen LogP contribution in [0.5, 0.6) is 0 Å². The number of hydrogen-bond donors (Lipinski definition) is 1. The molecular weight excluding hydrogens is 274 g/mol. The van der Waals surface area contributed by atoms with Gasteiger partial charge >= 0.3 is 0 Å². The average molecular weight is 291 g/mol. The first kappa shape index (κ1) is 13.0. The molecule has 0 unspecified atom stereocenters. The molecule has 2 aromatic heterocycles. The SMILES string of the molecule is CC1(C)Nc2ccccc2-n2c(Cc3ccncc3)nnc21. The molecule has 0 radical (unpaired) electrons. The monoisotopic (exact) mass is 291 g/mol. The second kappa shape index (κ2) is 4.66. The van der Waals surface area contributed by atoms with Gasteiger partial charge in [0.2, 0.25) is 0 Å². The van der Waals surface area contributed by atoms with Crippen LogP contribution in [0.25, 0.3) is 5.69 Å². The number of rotatable bonds is 2. The van der Waals surface area contributed by atoms with E-state index in [0.29, 0.717) is 0 Å². The number of aromatic nitrogens is 4. The van der Waals surface area contributed by atoms with Crippen molar-refractivity contribution in [3.05, 3.63) is 66.0 Å². The van der Waals surface area contributed by atoms with E-state index in [9.17, 15) is 0 Å². The van der Waals surface area contributed by atoms with Crippen molar-refractivity contribution in [1.82, 2.24) is 19.7 Å². The van der Waals surface area contributed by atoms with Gasteiger partial charge < -0.3 is 5.32 Å². The van der Waals surface area contributed by atoms with Gasteiger partial charge in [-0.2, -0.15) is 0 Å². The summed E-state index contributed by atoms with van der Waals surface area (Å²) >= 11 is 0. The molecule has 0 fully saturated rings. The number of para-hydroxylation sites is 2. The van der Waals surface area contributed by atoms with Crippen molar-refractivity contribution >= 4 is 5.69 Å². The molecule has 3 aromatic rings. The number of nitrogens with one attached hydrogen (secondary N) is 1. The Morgan fingerprint density at radius 1 is 1.05 bits per heavy atom. The Labute approximate surface area is 129 Å². The first-order valence-corrected chi connectivity index (χ1v) is 7.36. The van der Waals surface area contributed by atoms with E-state index < -0.39 is 0 Å². The van der Waals surface area contributed by atoms with Gasteiger partial charge in [-0.3, -0.25) is 9.55 Å². The molecule has 0 aliphatic carbocycles. The molecule has 22 heavy (non-hydrogen) atoms. The fourth-order valence-electron chi connectivity index (χ4n) is 2.94. The molecule has 5 nitrogen and oxygen atoms in total. The van der Waals surface area contributed by atoms with Crippen LogP contribution in [0.2, 0.25) is 0 Å². The molecule has 4 rings (SSSR count). The molecule has 0 atom stereocenters. The minimum absolute atomic E-state index is 0.252. The maximum absolute atomic E-state index is 4.44. The lowest BCUT2D eigenvalue weighted by atomic mass is 10.00. The van der Waals surface area contributed by atoms with Crippen LogP contribution < -0.4 is 5.32 Å². The van der Waals surface area contributed by atoms with Crippen molar-refractivity contribution in [3.63, 3.8) is 0 Å². The van der Waals surface area contributed by atoms with Crippen molar-refractivity contribution in [1.29, 1.82) is 0 Å². The highest BCUT2D eigenvalue weighted by Crippen LogP contribution is 2.36. The molecule has 1 aromatic carbocycles. The highest BCUT2D eigenvalue weighted by Gasteiger charge is 2.34. The molecule has 0 amide bonds. The Morgan fingerprint density at radius 3 is 2.64 bits per heavy atom. The molecular formula is C17H17N5. The Kier molecular flexibility index (Phi) is 2.76. The lowest BCUT2D eigenvalue weighted by Crippen LogP contribution is -2.36. The smallest absolute Gasteiger partial charge is 0.162 e. The summed E-state index contributed by atoms with van der Waals surface area (Å²) in [6, 6.07) is 12.3. The molecule has 3 heterocycles. The number of benzene rings is 1. The third-order valence-corrected chi connectivity index (χ3v) is 3.99. The van der Waals surface area contributed by atoms with E-state index >= 15 is 0 Å². The van der Waals surface area contributed by atoms with Crippen LogP contribution in [0.15, 0.2) is 48.8 Å². The zero-order valence-corrected chi connectivity index (χ0v) is 12.6. The van der Waals surface area contributed by atoms with Gasteiger partial charge in [-0.05, 0) is 43.7 Å². The van der Waals surface area contributed by atoms with Gasteiger partial charge in [0.1, 0.15) is 5.82 Å². The van der Waals surface area contributed by atoms with Gasteiger partial charge in [0.15, 0.2) is 5.82 Å². The van der Waals surface area contributed by atoms with Gasteiger partial charge in [-0.1, -0.05) is 12.1 Å². The standard InChI is InChI=1S/C17H17N5/c1-17(2)16-21-20-15(11-12-7-9-18-10-8-12)22(16)14-6-4-3-5-13(14)19-17/h3-10,19H,11H2,1-2H3. The third kappa shape index (κ3) is 1.97. The molecule has 110 valence electrons. The summed E-state index contributed by atoms with van der Waals surface area (Å²) in [6.45, 7) is 4.25. The normalized spacial score (nSPS) is 14.8. The molecule has 5 heteroatoms. The highest BCUT2D eigenvalue weighted by atomic mass is 15.3. The van der Waals surface area contributed by atoms with Crippen LogP contribution in [0.3, 0.4) is 0 Å². The zero-order valence-electron chi connectivity index (χ0n) is 12.6. The van der Waals surface area contributed by atoms with Crippen LogP contribution in [0.4, 0.5) is 5.69 Å². The Hall–Kier alpha value is -2.69. The van der Waals surface area contributed by atoms with Gasteiger partial charge in [-0.15, -0.1) is 10.2 Å². The van der Waals surface area contributed by atoms with Crippen LogP contribution >= 0.6 is 0 Å². The molecule has 1 aliphatic heterocycles. The number of fused-ring (bicyclic) bond motifs is 3. The predicted molar refractivity (Wildman–Crippen MR) is 85.1 cm³/mol. The van der Waals surface area contributed by atoms with Crippen molar-refractivity contribution in [2.24, 2.45) is 0 Å². The maximum atomic E-state index is 4.44. The summed E-state index contributed by atoms with van der Waals surface area (Å²) in [6.07, 6.45) is 4.35. The number of nitrogens with zero attached hydrogens (tertiary/aromatic N) is 4. The minimum Gasteiger partial charge on any atom is -0.371 e. The fraction of sp³-hybridized carbons (Fsp3) is 0.235. The summed E-state index contributed by atoms with van der Waals surface area (Å²) < 4.78 is 2.17. The van der Waals surface area contributed by atoms with Crippen LogP contribution in [0, 0.1) is 0 Å². The first-order chi connectivity index (χ1) is 10.6. The van der Waals surface area contributed by atoms with E-state index in [1.54, 1.807) is 0 Å². The summed E-state index contributed by atoms with van der Waals surface area (Å²) in [7, 11) is 0. The summed E-state index contributed by atoms with van der Waals surface area (Å²) in [5.74, 6) is 1.89. The predicted octanol–water partition coefficient (Wildman–Crippen LogP) is 2.91. The van der Waals surface area contributed by atoms with E-state index in [-0.39, 0.29) is 5.54 Å². The number of pyridine rings is 1.